The van der Waals surface area contributed by atoms with Crippen LogP contribution in [0.5, 0.6) is 0 Å². The third-order valence-corrected chi connectivity index (χ3v) is 4.23. The van der Waals surface area contributed by atoms with E-state index in [-0.39, 0.29) is 18.1 Å². The molecule has 1 aliphatic rings. The number of fused-ring (bicyclic) bond motifs is 1. The van der Waals surface area contributed by atoms with Crippen LogP contribution in [0.4, 0.5) is 0 Å². The molecule has 0 amide bonds. The van der Waals surface area contributed by atoms with Crippen LogP contribution in [0.2, 0.25) is 0 Å². The third-order valence-electron chi connectivity index (χ3n) is 4.23. The maximum Gasteiger partial charge on any atom is 0.0579 e. The Morgan fingerprint density at radius 3 is 2.65 bits per heavy atom. The van der Waals surface area contributed by atoms with Gasteiger partial charge in [0.15, 0.2) is 0 Å². The SMILES string of the molecule is CC(NCC1(CO)COC1)c1cccc2ccccc12. The minimum Gasteiger partial charge on any atom is -0.396 e. The van der Waals surface area contributed by atoms with Crippen LogP contribution in [0.25, 0.3) is 10.8 Å². The molecule has 0 radical (unpaired) electrons. The van der Waals surface area contributed by atoms with Crippen molar-refractivity contribution in [3.05, 3.63) is 48.0 Å². The Kier molecular flexibility index (Phi) is 3.74. The van der Waals surface area contributed by atoms with Crippen LogP contribution in [0, 0.1) is 5.41 Å². The van der Waals surface area contributed by atoms with E-state index >= 15 is 0 Å². The van der Waals surface area contributed by atoms with Crippen LogP contribution >= 0.6 is 0 Å². The van der Waals surface area contributed by atoms with E-state index in [9.17, 15) is 5.11 Å². The lowest BCUT2D eigenvalue weighted by atomic mass is 9.86. The molecule has 0 aliphatic carbocycles. The van der Waals surface area contributed by atoms with Gasteiger partial charge < -0.3 is 15.2 Å². The van der Waals surface area contributed by atoms with Crippen molar-refractivity contribution < 1.29 is 9.84 Å². The van der Waals surface area contributed by atoms with Gasteiger partial charge in [0.1, 0.15) is 0 Å². The quantitative estimate of drug-likeness (QED) is 0.878. The molecular weight excluding hydrogens is 250 g/mol. The highest BCUT2D eigenvalue weighted by Crippen LogP contribution is 2.28. The van der Waals surface area contributed by atoms with Crippen molar-refractivity contribution >= 4 is 10.8 Å². The number of hydrogen-bond acceptors (Lipinski definition) is 3. The van der Waals surface area contributed by atoms with Crippen molar-refractivity contribution in [2.24, 2.45) is 5.41 Å². The van der Waals surface area contributed by atoms with E-state index in [0.717, 1.165) is 6.54 Å². The van der Waals surface area contributed by atoms with Gasteiger partial charge in [-0.15, -0.1) is 0 Å². The fraction of sp³-hybridized carbons (Fsp3) is 0.412. The van der Waals surface area contributed by atoms with Crippen LogP contribution in [-0.4, -0.2) is 31.5 Å². The minimum atomic E-state index is -0.0845. The van der Waals surface area contributed by atoms with E-state index in [1.807, 2.05) is 0 Å². The zero-order valence-corrected chi connectivity index (χ0v) is 11.8. The molecule has 1 atom stereocenters. The zero-order chi connectivity index (χ0) is 14.0. The van der Waals surface area contributed by atoms with Gasteiger partial charge in [0, 0.05) is 12.6 Å². The lowest BCUT2D eigenvalue weighted by molar-refractivity contribution is -0.135. The molecule has 1 unspecified atom stereocenters. The van der Waals surface area contributed by atoms with Crippen molar-refractivity contribution in [3.8, 4) is 0 Å². The molecule has 2 N–H and O–H groups in total. The number of aliphatic hydroxyl groups is 1. The maximum atomic E-state index is 9.47. The van der Waals surface area contributed by atoms with Crippen molar-refractivity contribution in [2.45, 2.75) is 13.0 Å². The van der Waals surface area contributed by atoms with Gasteiger partial charge in [-0.3, -0.25) is 0 Å². The highest BCUT2D eigenvalue weighted by Gasteiger charge is 2.38. The Labute approximate surface area is 119 Å². The predicted molar refractivity (Wildman–Crippen MR) is 80.7 cm³/mol. The fourth-order valence-corrected chi connectivity index (χ4v) is 2.75. The first-order valence-corrected chi connectivity index (χ1v) is 7.14. The molecule has 1 fully saturated rings. The average molecular weight is 271 g/mol. The van der Waals surface area contributed by atoms with Gasteiger partial charge in [-0.1, -0.05) is 42.5 Å². The van der Waals surface area contributed by atoms with Gasteiger partial charge in [0.05, 0.1) is 25.2 Å². The summed E-state index contributed by atoms with van der Waals surface area (Å²) in [6.07, 6.45) is 0. The predicted octanol–water partition coefficient (Wildman–Crippen LogP) is 2.50. The van der Waals surface area contributed by atoms with E-state index in [0.29, 0.717) is 13.2 Å². The first kappa shape index (κ1) is 13.6. The smallest absolute Gasteiger partial charge is 0.0579 e. The molecule has 3 nitrogen and oxygen atoms in total. The summed E-state index contributed by atoms with van der Waals surface area (Å²) >= 11 is 0. The van der Waals surface area contributed by atoms with E-state index in [1.54, 1.807) is 0 Å². The second kappa shape index (κ2) is 5.52. The molecule has 0 bridgehead atoms. The van der Waals surface area contributed by atoms with Crippen molar-refractivity contribution in [3.63, 3.8) is 0 Å². The molecule has 2 aromatic carbocycles. The van der Waals surface area contributed by atoms with Crippen molar-refractivity contribution in [2.75, 3.05) is 26.4 Å². The van der Waals surface area contributed by atoms with E-state index < -0.39 is 0 Å². The van der Waals surface area contributed by atoms with E-state index in [4.69, 9.17) is 4.74 Å². The summed E-state index contributed by atoms with van der Waals surface area (Å²) in [5, 5.41) is 15.6. The second-order valence-corrected chi connectivity index (χ2v) is 5.82. The van der Waals surface area contributed by atoms with Gasteiger partial charge in [0.2, 0.25) is 0 Å². The Morgan fingerprint density at radius 2 is 1.95 bits per heavy atom. The molecule has 1 saturated heterocycles. The monoisotopic (exact) mass is 271 g/mol. The number of rotatable bonds is 5. The van der Waals surface area contributed by atoms with Gasteiger partial charge in [-0.05, 0) is 23.3 Å². The Morgan fingerprint density at radius 1 is 1.20 bits per heavy atom. The lowest BCUT2D eigenvalue weighted by Gasteiger charge is -2.40. The van der Waals surface area contributed by atoms with E-state index in [1.165, 1.54) is 16.3 Å². The maximum absolute atomic E-state index is 9.47. The molecule has 106 valence electrons. The zero-order valence-electron chi connectivity index (χ0n) is 11.8. The molecule has 1 aliphatic heterocycles. The first-order valence-electron chi connectivity index (χ1n) is 7.14. The van der Waals surface area contributed by atoms with Crippen molar-refractivity contribution in [1.29, 1.82) is 0 Å². The number of ether oxygens (including phenoxy) is 1. The van der Waals surface area contributed by atoms with E-state index in [2.05, 4.69) is 54.7 Å². The highest BCUT2D eigenvalue weighted by molar-refractivity contribution is 5.86. The van der Waals surface area contributed by atoms with Crippen LogP contribution < -0.4 is 5.32 Å². The molecule has 0 spiro atoms. The Bertz CT molecular complexity index is 582. The van der Waals surface area contributed by atoms with Crippen LogP contribution in [-0.2, 0) is 4.74 Å². The van der Waals surface area contributed by atoms with Crippen LogP contribution in [0.15, 0.2) is 42.5 Å². The Balaban J connectivity index is 1.77. The summed E-state index contributed by atoms with van der Waals surface area (Å²) in [6.45, 7) is 4.44. The van der Waals surface area contributed by atoms with Gasteiger partial charge in [-0.2, -0.15) is 0 Å². The molecule has 2 aromatic rings. The molecule has 0 saturated carbocycles. The minimum absolute atomic E-state index is 0.0845. The molecular formula is C17H21NO2. The van der Waals surface area contributed by atoms with Gasteiger partial charge in [-0.25, -0.2) is 0 Å². The lowest BCUT2D eigenvalue weighted by Crippen LogP contribution is -2.52. The molecule has 3 rings (SSSR count). The molecule has 20 heavy (non-hydrogen) atoms. The number of aliphatic hydroxyl groups excluding tert-OH is 1. The summed E-state index contributed by atoms with van der Waals surface area (Å²) in [5.41, 5.74) is 1.22. The Hall–Kier alpha value is -1.42. The fourth-order valence-electron chi connectivity index (χ4n) is 2.75. The van der Waals surface area contributed by atoms with Crippen LogP contribution in [0.1, 0.15) is 18.5 Å². The topological polar surface area (TPSA) is 41.5 Å². The van der Waals surface area contributed by atoms with Crippen LogP contribution in [0.3, 0.4) is 0 Å². The number of nitrogens with one attached hydrogen (secondary N) is 1. The summed E-state index contributed by atoms with van der Waals surface area (Å²) in [4.78, 5) is 0. The van der Waals surface area contributed by atoms with Gasteiger partial charge >= 0.3 is 0 Å². The summed E-state index contributed by atoms with van der Waals surface area (Å²) < 4.78 is 5.24. The first-order chi connectivity index (χ1) is 9.74. The summed E-state index contributed by atoms with van der Waals surface area (Å²) in [5.74, 6) is 0. The highest BCUT2D eigenvalue weighted by atomic mass is 16.5. The molecule has 1 heterocycles. The number of hydrogen-bond donors (Lipinski definition) is 2. The van der Waals surface area contributed by atoms with Gasteiger partial charge in [0.25, 0.3) is 0 Å². The summed E-state index contributed by atoms with van der Waals surface area (Å²) in [7, 11) is 0. The number of benzene rings is 2. The third kappa shape index (κ3) is 2.44. The summed E-state index contributed by atoms with van der Waals surface area (Å²) in [6, 6.07) is 15.1. The largest absolute Gasteiger partial charge is 0.396 e. The molecule has 0 aromatic heterocycles. The second-order valence-electron chi connectivity index (χ2n) is 5.82. The normalized spacial score (nSPS) is 18.7. The van der Waals surface area contributed by atoms with Crippen molar-refractivity contribution in [1.82, 2.24) is 5.32 Å². The average Bonchev–Trinajstić information content (AvgIpc) is 2.46. The standard InChI is InChI=1S/C17H21NO2/c1-13(18-9-17(10-19)11-20-12-17)15-8-4-6-14-5-2-3-7-16(14)15/h2-8,13,18-19H,9-12H2,1H3. The molecule has 3 heteroatoms.